The van der Waals surface area contributed by atoms with Crippen LogP contribution in [-0.4, -0.2) is 59.9 Å². The van der Waals surface area contributed by atoms with E-state index >= 15 is 0 Å². The predicted molar refractivity (Wildman–Crippen MR) is 92.3 cm³/mol. The monoisotopic (exact) mass is 360 g/mol. The van der Waals surface area contributed by atoms with Crippen molar-refractivity contribution >= 4 is 17.7 Å². The predicted octanol–water partition coefficient (Wildman–Crippen LogP) is 0.00950. The van der Waals surface area contributed by atoms with Crippen LogP contribution in [0, 0.1) is 0 Å². The topological polar surface area (TPSA) is 104 Å². The third-order valence-electron chi connectivity index (χ3n) is 5.35. The number of carbonyl (C=O) groups is 3. The van der Waals surface area contributed by atoms with E-state index in [4.69, 9.17) is 4.42 Å². The van der Waals surface area contributed by atoms with Crippen LogP contribution in [0.5, 0.6) is 0 Å². The van der Waals surface area contributed by atoms with Crippen LogP contribution in [0.4, 0.5) is 0 Å². The summed E-state index contributed by atoms with van der Waals surface area (Å²) >= 11 is 0. The van der Waals surface area contributed by atoms with Crippen LogP contribution >= 0.6 is 0 Å². The Balaban J connectivity index is 1.33. The van der Waals surface area contributed by atoms with Crippen molar-refractivity contribution in [2.75, 3.05) is 13.1 Å². The van der Waals surface area contributed by atoms with Gasteiger partial charge in [0.15, 0.2) is 5.76 Å². The number of amides is 3. The van der Waals surface area contributed by atoms with Gasteiger partial charge in [-0.15, -0.1) is 0 Å². The molecule has 2 aliphatic heterocycles. The van der Waals surface area contributed by atoms with Gasteiger partial charge in [0.2, 0.25) is 11.8 Å². The van der Waals surface area contributed by atoms with E-state index in [0.29, 0.717) is 38.4 Å². The number of hydrogen-bond acceptors (Lipinski definition) is 5. The first-order valence-electron chi connectivity index (χ1n) is 9.27. The van der Waals surface area contributed by atoms with Gasteiger partial charge in [0.1, 0.15) is 0 Å². The minimum absolute atomic E-state index is 0.00145. The zero-order valence-electron chi connectivity index (χ0n) is 14.6. The molecular weight excluding hydrogens is 336 g/mol. The molecule has 3 aliphatic rings. The van der Waals surface area contributed by atoms with Crippen molar-refractivity contribution in [2.24, 2.45) is 0 Å². The van der Waals surface area contributed by atoms with Crippen LogP contribution in [0.3, 0.4) is 0 Å². The minimum Gasteiger partial charge on any atom is -0.459 e. The van der Waals surface area contributed by atoms with Gasteiger partial charge in [-0.3, -0.25) is 19.3 Å². The summed E-state index contributed by atoms with van der Waals surface area (Å²) < 4.78 is 5.12. The normalized spacial score (nSPS) is 28.3. The lowest BCUT2D eigenvalue weighted by molar-refractivity contribution is -0.129. The van der Waals surface area contributed by atoms with Crippen molar-refractivity contribution in [1.29, 1.82) is 0 Å². The maximum Gasteiger partial charge on any atom is 0.287 e. The SMILES string of the molecule is O=C(CC[C@@H]1CNC(=O)[C@@H]2C[C@H](NC(=O)c3ccco3)CN12)NC1CC1. The average Bonchev–Trinajstić information content (AvgIpc) is 3.11. The molecule has 0 unspecified atom stereocenters. The van der Waals surface area contributed by atoms with Gasteiger partial charge < -0.3 is 20.4 Å². The molecule has 1 aromatic rings. The Bertz CT molecular complexity index is 685. The van der Waals surface area contributed by atoms with Gasteiger partial charge in [-0.25, -0.2) is 0 Å². The molecule has 2 saturated heterocycles. The molecule has 0 bridgehead atoms. The smallest absolute Gasteiger partial charge is 0.287 e. The van der Waals surface area contributed by atoms with Gasteiger partial charge in [0.25, 0.3) is 5.91 Å². The van der Waals surface area contributed by atoms with Crippen LogP contribution in [0.15, 0.2) is 22.8 Å². The number of nitrogens with one attached hydrogen (secondary N) is 3. The lowest BCUT2D eigenvalue weighted by Gasteiger charge is -2.37. The van der Waals surface area contributed by atoms with Crippen molar-refractivity contribution in [1.82, 2.24) is 20.9 Å². The van der Waals surface area contributed by atoms with Gasteiger partial charge in [0.05, 0.1) is 12.3 Å². The summed E-state index contributed by atoms with van der Waals surface area (Å²) in [6.07, 6.45) is 5.36. The van der Waals surface area contributed by atoms with Crippen molar-refractivity contribution in [3.8, 4) is 0 Å². The summed E-state index contributed by atoms with van der Waals surface area (Å²) in [5.41, 5.74) is 0. The van der Waals surface area contributed by atoms with Crippen LogP contribution < -0.4 is 16.0 Å². The van der Waals surface area contributed by atoms with Crippen molar-refractivity contribution in [2.45, 2.75) is 56.3 Å². The highest BCUT2D eigenvalue weighted by Crippen LogP contribution is 2.26. The molecule has 3 fully saturated rings. The molecule has 0 radical (unpaired) electrons. The Morgan fingerprint density at radius 3 is 2.85 bits per heavy atom. The zero-order valence-corrected chi connectivity index (χ0v) is 14.6. The van der Waals surface area contributed by atoms with E-state index in [9.17, 15) is 14.4 Å². The number of rotatable bonds is 6. The molecule has 3 heterocycles. The second-order valence-electron chi connectivity index (χ2n) is 7.38. The van der Waals surface area contributed by atoms with E-state index in [1.165, 1.54) is 6.26 Å². The second kappa shape index (κ2) is 7.11. The molecule has 8 heteroatoms. The molecule has 1 aliphatic carbocycles. The van der Waals surface area contributed by atoms with Gasteiger partial charge in [-0.05, 0) is 37.8 Å². The third kappa shape index (κ3) is 3.75. The fourth-order valence-electron chi connectivity index (χ4n) is 3.84. The highest BCUT2D eigenvalue weighted by Gasteiger charge is 2.44. The molecule has 3 amide bonds. The Morgan fingerprint density at radius 2 is 2.12 bits per heavy atom. The van der Waals surface area contributed by atoms with E-state index in [1.54, 1.807) is 12.1 Å². The number of piperazine rings is 1. The van der Waals surface area contributed by atoms with Gasteiger partial charge in [-0.1, -0.05) is 0 Å². The molecular formula is C18H24N4O4. The lowest BCUT2D eigenvalue weighted by atomic mass is 10.0. The first kappa shape index (κ1) is 17.1. The third-order valence-corrected chi connectivity index (χ3v) is 5.35. The molecule has 0 aromatic carbocycles. The van der Waals surface area contributed by atoms with Crippen LogP contribution in [0.25, 0.3) is 0 Å². The van der Waals surface area contributed by atoms with E-state index in [0.717, 1.165) is 12.8 Å². The van der Waals surface area contributed by atoms with Crippen molar-refractivity contribution < 1.29 is 18.8 Å². The standard InChI is InChI=1S/C18H24N4O4/c23-16(20-11-3-4-11)6-5-13-9-19-17(24)14-8-12(10-22(13)14)21-18(25)15-2-1-7-26-15/h1-2,7,11-14H,3-6,8-10H2,(H,19,24)(H,20,23)(H,21,25)/t12-,13+,14-/m0/s1. The fraction of sp³-hybridized carbons (Fsp3) is 0.611. The largest absolute Gasteiger partial charge is 0.459 e. The summed E-state index contributed by atoms with van der Waals surface area (Å²) in [7, 11) is 0. The van der Waals surface area contributed by atoms with E-state index in [2.05, 4.69) is 20.9 Å². The van der Waals surface area contributed by atoms with E-state index < -0.39 is 0 Å². The summed E-state index contributed by atoms with van der Waals surface area (Å²) in [5, 5.41) is 8.88. The van der Waals surface area contributed by atoms with E-state index in [-0.39, 0.29) is 41.6 Å². The maximum atomic E-state index is 12.2. The first-order chi connectivity index (χ1) is 12.6. The Labute approximate surface area is 151 Å². The Hall–Kier alpha value is -2.35. The molecule has 3 atom stereocenters. The zero-order chi connectivity index (χ0) is 18.1. The quantitative estimate of drug-likeness (QED) is 0.663. The molecule has 3 N–H and O–H groups in total. The molecule has 140 valence electrons. The maximum absolute atomic E-state index is 12.2. The molecule has 4 rings (SSSR count). The number of nitrogens with zero attached hydrogens (tertiary/aromatic N) is 1. The molecule has 8 nitrogen and oxygen atoms in total. The lowest BCUT2D eigenvalue weighted by Crippen LogP contribution is -2.58. The summed E-state index contributed by atoms with van der Waals surface area (Å²) in [6, 6.07) is 3.42. The minimum atomic E-state index is -0.263. The number of hydrogen-bond donors (Lipinski definition) is 3. The van der Waals surface area contributed by atoms with Gasteiger partial charge in [-0.2, -0.15) is 0 Å². The van der Waals surface area contributed by atoms with Gasteiger partial charge in [0, 0.05) is 37.6 Å². The Morgan fingerprint density at radius 1 is 1.27 bits per heavy atom. The number of furan rings is 1. The second-order valence-corrected chi connectivity index (χ2v) is 7.38. The molecule has 26 heavy (non-hydrogen) atoms. The van der Waals surface area contributed by atoms with E-state index in [1.807, 2.05) is 0 Å². The molecule has 1 saturated carbocycles. The van der Waals surface area contributed by atoms with Crippen LogP contribution in [0.1, 0.15) is 42.7 Å². The summed E-state index contributed by atoms with van der Waals surface area (Å²) in [6.45, 7) is 1.16. The van der Waals surface area contributed by atoms with Crippen LogP contribution in [0.2, 0.25) is 0 Å². The Kier molecular flexibility index (Phi) is 4.67. The van der Waals surface area contributed by atoms with Gasteiger partial charge >= 0.3 is 0 Å². The highest BCUT2D eigenvalue weighted by molar-refractivity contribution is 5.91. The van der Waals surface area contributed by atoms with Crippen LogP contribution in [-0.2, 0) is 9.59 Å². The molecule has 0 spiro atoms. The van der Waals surface area contributed by atoms with Crippen molar-refractivity contribution in [3.63, 3.8) is 0 Å². The first-order valence-corrected chi connectivity index (χ1v) is 9.27. The average molecular weight is 360 g/mol. The summed E-state index contributed by atoms with van der Waals surface area (Å²) in [4.78, 5) is 38.5. The van der Waals surface area contributed by atoms with Crippen molar-refractivity contribution in [3.05, 3.63) is 24.2 Å². The summed E-state index contributed by atoms with van der Waals surface area (Å²) in [5.74, 6) is 0.0921. The fourth-order valence-corrected chi connectivity index (χ4v) is 3.84. The number of carbonyl (C=O) groups excluding carboxylic acids is 3. The molecule has 1 aromatic heterocycles. The number of fused-ring (bicyclic) bond motifs is 1. The highest BCUT2D eigenvalue weighted by atomic mass is 16.3.